The van der Waals surface area contributed by atoms with Crippen LogP contribution in [0.5, 0.6) is 0 Å². The quantitative estimate of drug-likeness (QED) is 0.205. The zero-order valence-corrected chi connectivity index (χ0v) is 26.7. The number of hydrazine groups is 2. The molecule has 1 aromatic heterocycles. The molecule has 2 amide bonds. The van der Waals surface area contributed by atoms with Gasteiger partial charge in [0.1, 0.15) is 11.8 Å². The third-order valence-electron chi connectivity index (χ3n) is 8.23. The number of halogens is 3. The van der Waals surface area contributed by atoms with Crippen molar-refractivity contribution in [2.45, 2.75) is 57.4 Å². The Kier molecular flexibility index (Phi) is 12.4. The van der Waals surface area contributed by atoms with Gasteiger partial charge in [0.25, 0.3) is 5.91 Å². The van der Waals surface area contributed by atoms with E-state index < -0.39 is 30.1 Å². The van der Waals surface area contributed by atoms with Crippen molar-refractivity contribution in [2.24, 2.45) is 0 Å². The van der Waals surface area contributed by atoms with Crippen molar-refractivity contribution in [3.63, 3.8) is 0 Å². The van der Waals surface area contributed by atoms with Crippen molar-refractivity contribution < 1.29 is 47.4 Å². The smallest absolute Gasteiger partial charge is 0.480 e. The number of carboxylic acid groups (broad SMARTS) is 2. The molecule has 17 heteroatoms. The Morgan fingerprint density at radius 1 is 1.10 bits per heavy atom. The molecule has 2 fully saturated rings. The molecule has 2 atom stereocenters. The average molecular weight is 690 g/mol. The molecule has 0 saturated carbocycles. The molecule has 2 aliphatic rings. The lowest BCUT2D eigenvalue weighted by Gasteiger charge is -2.35. The summed E-state index contributed by atoms with van der Waals surface area (Å²) in [5, 5.41) is 21.7. The van der Waals surface area contributed by atoms with Crippen molar-refractivity contribution >= 4 is 40.3 Å². The summed E-state index contributed by atoms with van der Waals surface area (Å²) >= 11 is 0. The van der Waals surface area contributed by atoms with Gasteiger partial charge in [-0.1, -0.05) is 42.5 Å². The van der Waals surface area contributed by atoms with Gasteiger partial charge >= 0.3 is 18.1 Å². The summed E-state index contributed by atoms with van der Waals surface area (Å²) in [6.07, 6.45) is 0.348. The fraction of sp³-hybridized carbons (Fsp3) is 0.438. The van der Waals surface area contributed by atoms with E-state index >= 15 is 0 Å². The minimum absolute atomic E-state index is 0.000296. The number of fused-ring (bicyclic) bond motifs is 1. The molecule has 4 N–H and O–H groups in total. The first-order valence-electron chi connectivity index (χ1n) is 15.6. The third-order valence-corrected chi connectivity index (χ3v) is 8.23. The van der Waals surface area contributed by atoms with Crippen molar-refractivity contribution in [2.75, 3.05) is 32.7 Å². The number of hydrogen-bond donors (Lipinski definition) is 4. The standard InChI is InChI=1S/C30H37N7O5.C2HF3O2/c1-21(30(41)42)37(33-35-13-11-26(38)18-35)29(40)19-34(16-23-8-4-7-22-6-2-3-10-27(22)23)17-25-9-5-12-36(25)28(39)14-24-15-31-20-32-24;3-2(4,5)1(6)7/h2-4,6-8,10,15,20-21,25,33H,5,9,11-14,16-19H2,1H3,(H,31,32)(H,41,42);(H,6,7)/t21-,25-;/m0./s1. The van der Waals surface area contributed by atoms with Crippen LogP contribution in [0.3, 0.4) is 0 Å². The number of nitrogens with zero attached hydrogens (tertiary/aromatic N) is 5. The van der Waals surface area contributed by atoms with Crippen LogP contribution >= 0.6 is 0 Å². The van der Waals surface area contributed by atoms with Crippen LogP contribution in [0, 0.1) is 0 Å². The van der Waals surface area contributed by atoms with Gasteiger partial charge in [-0.25, -0.2) is 24.6 Å². The number of alkyl halides is 3. The number of nitrogens with one attached hydrogen (secondary N) is 2. The van der Waals surface area contributed by atoms with Crippen molar-refractivity contribution in [3.05, 3.63) is 66.2 Å². The van der Waals surface area contributed by atoms with E-state index in [0.29, 0.717) is 32.6 Å². The summed E-state index contributed by atoms with van der Waals surface area (Å²) in [5.74, 6) is -4.32. The molecular formula is C32H38F3N7O7. The SMILES string of the molecule is C[C@@H](C(=O)O)N(NN1CCC(=O)C1)C(=O)CN(Cc1cccc2ccccc12)C[C@@H]1CCCN1C(=O)Cc1cnc[nH]1.O=C(O)C(F)(F)F. The molecule has 2 saturated heterocycles. The highest BCUT2D eigenvalue weighted by molar-refractivity contribution is 5.86. The Bertz CT molecular complexity index is 1630. The zero-order valence-electron chi connectivity index (χ0n) is 26.7. The number of carbonyl (C=O) groups is 5. The van der Waals surface area contributed by atoms with Gasteiger partial charge in [-0.05, 0) is 36.1 Å². The highest BCUT2D eigenvalue weighted by Crippen LogP contribution is 2.24. The van der Waals surface area contributed by atoms with Crippen LogP contribution in [0.2, 0.25) is 0 Å². The van der Waals surface area contributed by atoms with Gasteiger partial charge in [-0.3, -0.25) is 19.3 Å². The number of rotatable bonds is 12. The first-order valence-corrected chi connectivity index (χ1v) is 15.6. The van der Waals surface area contributed by atoms with E-state index in [9.17, 15) is 37.5 Å². The maximum absolute atomic E-state index is 13.8. The van der Waals surface area contributed by atoms with Gasteiger partial charge in [0.15, 0.2) is 0 Å². The first-order chi connectivity index (χ1) is 23.2. The number of aromatic nitrogens is 2. The summed E-state index contributed by atoms with van der Waals surface area (Å²) in [7, 11) is 0. The second-order valence-electron chi connectivity index (χ2n) is 11.8. The Balaban J connectivity index is 0.000000698. The summed E-state index contributed by atoms with van der Waals surface area (Å²) in [6, 6.07) is 12.8. The van der Waals surface area contributed by atoms with Crippen LogP contribution in [0.1, 0.15) is 37.4 Å². The molecule has 2 aliphatic heterocycles. The van der Waals surface area contributed by atoms with Gasteiger partial charge in [0.05, 0.1) is 25.8 Å². The number of amides is 2. The number of likely N-dealkylation sites (tertiary alicyclic amines) is 1. The summed E-state index contributed by atoms with van der Waals surface area (Å²) in [4.78, 5) is 70.6. The van der Waals surface area contributed by atoms with Crippen LogP contribution in [-0.2, 0) is 36.9 Å². The fourth-order valence-electron chi connectivity index (χ4n) is 5.76. The molecule has 14 nitrogen and oxygen atoms in total. The second-order valence-corrected chi connectivity index (χ2v) is 11.8. The molecule has 0 aliphatic carbocycles. The molecule has 3 aromatic rings. The number of benzene rings is 2. The number of hydrogen-bond acceptors (Lipinski definition) is 9. The maximum Gasteiger partial charge on any atom is 0.490 e. The summed E-state index contributed by atoms with van der Waals surface area (Å²) < 4.78 is 31.7. The molecule has 0 bridgehead atoms. The summed E-state index contributed by atoms with van der Waals surface area (Å²) in [6.45, 7) is 3.38. The molecule has 0 radical (unpaired) electrons. The number of carboxylic acids is 2. The topological polar surface area (TPSA) is 179 Å². The number of imidazole rings is 1. The van der Waals surface area contributed by atoms with Gasteiger partial charge in [-0.2, -0.15) is 18.7 Å². The minimum Gasteiger partial charge on any atom is -0.480 e. The number of Topliss-reactive ketones (excluding diaryl/α,β-unsaturated/α-hetero) is 1. The molecule has 0 unspecified atom stereocenters. The van der Waals surface area contributed by atoms with Gasteiger partial charge in [-0.15, -0.1) is 0 Å². The number of H-pyrrole nitrogens is 1. The fourth-order valence-corrected chi connectivity index (χ4v) is 5.76. The van der Waals surface area contributed by atoms with E-state index in [1.165, 1.54) is 6.92 Å². The highest BCUT2D eigenvalue weighted by atomic mass is 19.4. The van der Waals surface area contributed by atoms with E-state index in [4.69, 9.17) is 9.90 Å². The number of aliphatic carboxylic acids is 2. The molecule has 0 spiro atoms. The van der Waals surface area contributed by atoms with Gasteiger partial charge in [0, 0.05) is 50.5 Å². The zero-order chi connectivity index (χ0) is 35.7. The Morgan fingerprint density at radius 2 is 1.82 bits per heavy atom. The van der Waals surface area contributed by atoms with Gasteiger partial charge in [0.2, 0.25) is 5.91 Å². The lowest BCUT2D eigenvalue weighted by atomic mass is 10.0. The Labute approximate surface area is 279 Å². The molecule has 2 aromatic carbocycles. The van der Waals surface area contributed by atoms with Crippen LogP contribution in [0.15, 0.2) is 55.0 Å². The van der Waals surface area contributed by atoms with Crippen molar-refractivity contribution in [1.82, 2.24) is 35.3 Å². The van der Waals surface area contributed by atoms with E-state index in [1.54, 1.807) is 17.5 Å². The lowest BCUT2D eigenvalue weighted by Crippen LogP contribution is -2.59. The molecule has 49 heavy (non-hydrogen) atoms. The van der Waals surface area contributed by atoms with E-state index in [0.717, 1.165) is 39.9 Å². The van der Waals surface area contributed by atoms with Crippen LogP contribution < -0.4 is 5.53 Å². The normalized spacial score (nSPS) is 17.2. The third kappa shape index (κ3) is 10.3. The lowest BCUT2D eigenvalue weighted by molar-refractivity contribution is -0.192. The molecular weight excluding hydrogens is 651 g/mol. The van der Waals surface area contributed by atoms with Crippen molar-refractivity contribution in [3.8, 4) is 0 Å². The molecule has 5 rings (SSSR count). The Hall–Kier alpha value is -4.87. The Morgan fingerprint density at radius 3 is 2.45 bits per heavy atom. The first kappa shape index (κ1) is 37.0. The monoisotopic (exact) mass is 689 g/mol. The average Bonchev–Trinajstić information content (AvgIpc) is 3.82. The van der Waals surface area contributed by atoms with E-state index in [1.807, 2.05) is 52.3 Å². The minimum atomic E-state index is -5.08. The number of aromatic amines is 1. The van der Waals surface area contributed by atoms with E-state index in [-0.39, 0.29) is 37.2 Å². The van der Waals surface area contributed by atoms with Crippen LogP contribution in [0.4, 0.5) is 13.2 Å². The molecule has 3 heterocycles. The number of carbonyl (C=O) groups excluding carboxylic acids is 3. The largest absolute Gasteiger partial charge is 0.490 e. The van der Waals surface area contributed by atoms with Crippen LogP contribution in [-0.4, -0.2) is 121 Å². The number of ketones is 1. The van der Waals surface area contributed by atoms with E-state index in [2.05, 4.69) is 15.5 Å². The maximum atomic E-state index is 13.8. The van der Waals surface area contributed by atoms with Gasteiger partial charge < -0.3 is 20.1 Å². The summed E-state index contributed by atoms with van der Waals surface area (Å²) in [5.41, 5.74) is 4.67. The highest BCUT2D eigenvalue weighted by Gasteiger charge is 2.38. The molecule has 264 valence electrons. The second kappa shape index (κ2) is 16.5. The van der Waals surface area contributed by atoms with Crippen LogP contribution in [0.25, 0.3) is 10.8 Å². The predicted octanol–water partition coefficient (Wildman–Crippen LogP) is 2.23. The van der Waals surface area contributed by atoms with Crippen molar-refractivity contribution in [1.29, 1.82) is 0 Å². The predicted molar refractivity (Wildman–Crippen MR) is 168 cm³/mol.